The van der Waals surface area contributed by atoms with Gasteiger partial charge in [-0.1, -0.05) is 152 Å². The maximum Gasteiger partial charge on any atom is 0.123 e. The van der Waals surface area contributed by atoms with Gasteiger partial charge in [0.05, 0.1) is 11.0 Å². The molecule has 10 aromatic rings. The zero-order valence-corrected chi connectivity index (χ0v) is 31.1. The highest BCUT2D eigenvalue weighted by molar-refractivity contribution is 6.09. The first-order valence-electron chi connectivity index (χ1n) is 19.3. The van der Waals surface area contributed by atoms with Crippen LogP contribution in [0.15, 0.2) is 224 Å². The summed E-state index contributed by atoms with van der Waals surface area (Å²) in [6.45, 7) is 0. The molecule has 3 heteroatoms. The Morgan fingerprint density at radius 1 is 0.298 bits per heavy atom. The van der Waals surface area contributed by atoms with Crippen molar-refractivity contribution in [2.45, 2.75) is 0 Å². The molecule has 0 amide bonds. The Hall–Kier alpha value is -7.49. The van der Waals surface area contributed by atoms with Crippen molar-refractivity contribution in [3.63, 3.8) is 0 Å². The molecule has 0 N–H and O–H groups in total. The van der Waals surface area contributed by atoms with Crippen molar-refractivity contribution in [1.29, 1.82) is 0 Å². The normalized spacial score (nSPS) is 11.2. The van der Waals surface area contributed by atoms with E-state index in [2.05, 4.69) is 204 Å². The number of aromatic nitrogens is 1. The molecule has 0 saturated carbocycles. The van der Waals surface area contributed by atoms with Crippen molar-refractivity contribution in [2.24, 2.45) is 0 Å². The second kappa shape index (κ2) is 14.6. The number of fused-ring (bicyclic) bond motifs is 3. The third-order valence-corrected chi connectivity index (χ3v) is 10.9. The van der Waals surface area contributed by atoms with Gasteiger partial charge in [-0.15, -0.1) is 0 Å². The van der Waals surface area contributed by atoms with E-state index in [1.807, 2.05) is 18.2 Å². The van der Waals surface area contributed by atoms with Crippen molar-refractivity contribution < 1.29 is 4.39 Å². The Labute approximate surface area is 332 Å². The fraction of sp³-hybridized carbons (Fsp3) is 0. The molecule has 0 atom stereocenters. The van der Waals surface area contributed by atoms with Gasteiger partial charge in [0.15, 0.2) is 0 Å². The highest BCUT2D eigenvalue weighted by Gasteiger charge is 2.16. The molecular formula is C54H37FN2. The van der Waals surface area contributed by atoms with Gasteiger partial charge in [0, 0.05) is 33.5 Å². The smallest absolute Gasteiger partial charge is 0.123 e. The van der Waals surface area contributed by atoms with E-state index in [9.17, 15) is 4.39 Å². The minimum atomic E-state index is -0.237. The van der Waals surface area contributed by atoms with Gasteiger partial charge in [-0.05, 0) is 117 Å². The van der Waals surface area contributed by atoms with Crippen molar-refractivity contribution in [3.8, 4) is 50.2 Å². The van der Waals surface area contributed by atoms with Gasteiger partial charge in [-0.3, -0.25) is 0 Å². The molecular weight excluding hydrogens is 696 g/mol. The van der Waals surface area contributed by atoms with Gasteiger partial charge in [0.1, 0.15) is 5.82 Å². The van der Waals surface area contributed by atoms with E-state index >= 15 is 0 Å². The first kappa shape index (κ1) is 34.0. The van der Waals surface area contributed by atoms with Crippen LogP contribution in [0, 0.1) is 5.82 Å². The van der Waals surface area contributed by atoms with Crippen LogP contribution in [0.5, 0.6) is 0 Å². The molecule has 1 heterocycles. The fourth-order valence-corrected chi connectivity index (χ4v) is 8.01. The third kappa shape index (κ3) is 6.56. The topological polar surface area (TPSA) is 8.17 Å². The average Bonchev–Trinajstić information content (AvgIpc) is 3.62. The predicted octanol–water partition coefficient (Wildman–Crippen LogP) is 15.1. The monoisotopic (exact) mass is 732 g/mol. The fourth-order valence-electron chi connectivity index (χ4n) is 8.01. The van der Waals surface area contributed by atoms with E-state index in [-0.39, 0.29) is 5.82 Å². The van der Waals surface area contributed by atoms with Crippen molar-refractivity contribution in [3.05, 3.63) is 230 Å². The summed E-state index contributed by atoms with van der Waals surface area (Å²) >= 11 is 0. The van der Waals surface area contributed by atoms with E-state index in [1.54, 1.807) is 0 Å². The van der Waals surface area contributed by atoms with Crippen LogP contribution in [0.3, 0.4) is 0 Å². The van der Waals surface area contributed by atoms with E-state index in [1.165, 1.54) is 50.6 Å². The molecule has 0 aliphatic heterocycles. The number of halogens is 1. The quantitative estimate of drug-likeness (QED) is 0.151. The molecule has 0 bridgehead atoms. The summed E-state index contributed by atoms with van der Waals surface area (Å²) in [5.74, 6) is -0.237. The lowest BCUT2D eigenvalue weighted by molar-refractivity contribution is 0.628. The molecule has 0 spiro atoms. The highest BCUT2D eigenvalue weighted by atomic mass is 19.1. The van der Waals surface area contributed by atoms with Gasteiger partial charge in [-0.25, -0.2) is 4.39 Å². The molecule has 0 radical (unpaired) electrons. The molecule has 0 aliphatic carbocycles. The predicted molar refractivity (Wildman–Crippen MR) is 237 cm³/mol. The molecule has 2 nitrogen and oxygen atoms in total. The maximum atomic E-state index is 13.7. The van der Waals surface area contributed by atoms with Crippen LogP contribution in [0.4, 0.5) is 21.5 Å². The number of anilines is 3. The Kier molecular flexibility index (Phi) is 8.74. The SMILES string of the molecule is Fc1ccc(-c2ccc(N(c3ccc(-c4ccc(-c5ccccc5)cc4)cc3)c3ccc(-c4cccc(-n5c6ccccc6c6ccccc65)c4)cc3)cc2)cc1. The molecule has 57 heavy (non-hydrogen) atoms. The Balaban J connectivity index is 0.995. The van der Waals surface area contributed by atoms with E-state index < -0.39 is 0 Å². The van der Waals surface area contributed by atoms with Crippen LogP contribution in [0.2, 0.25) is 0 Å². The standard InChI is InChI=1S/C54H37FN2/c55-46-29-21-41(22-30-46)43-25-33-48(34-26-43)56(47-31-23-42(24-32-47)40-19-17-39(18-20-40)38-9-2-1-3-10-38)49-35-27-44(28-36-49)45-11-8-12-50(37-45)57-53-15-6-4-13-51(53)52-14-5-7-16-54(52)57/h1-37H. The molecule has 0 aliphatic rings. The maximum absolute atomic E-state index is 13.7. The molecule has 0 fully saturated rings. The Morgan fingerprint density at radius 2 is 0.649 bits per heavy atom. The summed E-state index contributed by atoms with van der Waals surface area (Å²) in [5, 5.41) is 2.50. The zero-order valence-electron chi connectivity index (χ0n) is 31.1. The average molecular weight is 733 g/mol. The van der Waals surface area contributed by atoms with Crippen LogP contribution in [0.25, 0.3) is 72.0 Å². The summed E-state index contributed by atoms with van der Waals surface area (Å²) in [7, 11) is 0. The van der Waals surface area contributed by atoms with Crippen LogP contribution in [0.1, 0.15) is 0 Å². The van der Waals surface area contributed by atoms with Crippen molar-refractivity contribution in [1.82, 2.24) is 4.57 Å². The van der Waals surface area contributed by atoms with Crippen LogP contribution < -0.4 is 4.90 Å². The van der Waals surface area contributed by atoms with E-state index in [4.69, 9.17) is 0 Å². The van der Waals surface area contributed by atoms with Gasteiger partial charge in [0.25, 0.3) is 0 Å². The van der Waals surface area contributed by atoms with E-state index in [0.717, 1.165) is 50.6 Å². The van der Waals surface area contributed by atoms with Gasteiger partial charge in [-0.2, -0.15) is 0 Å². The summed E-state index contributed by atoms with van der Waals surface area (Å²) in [6.07, 6.45) is 0. The van der Waals surface area contributed by atoms with Gasteiger partial charge in [0.2, 0.25) is 0 Å². The molecule has 0 unspecified atom stereocenters. The molecule has 9 aromatic carbocycles. The molecule has 270 valence electrons. The number of nitrogens with zero attached hydrogens (tertiary/aromatic N) is 2. The summed E-state index contributed by atoms with van der Waals surface area (Å²) in [5.41, 5.74) is 15.7. The minimum Gasteiger partial charge on any atom is -0.311 e. The molecule has 0 saturated heterocycles. The Bertz CT molecular complexity index is 2910. The number of hydrogen-bond donors (Lipinski definition) is 0. The second-order valence-corrected chi connectivity index (χ2v) is 14.3. The third-order valence-electron chi connectivity index (χ3n) is 10.9. The molecule has 1 aromatic heterocycles. The highest BCUT2D eigenvalue weighted by Crippen LogP contribution is 2.39. The number of hydrogen-bond acceptors (Lipinski definition) is 1. The first-order valence-corrected chi connectivity index (χ1v) is 19.3. The van der Waals surface area contributed by atoms with Crippen molar-refractivity contribution in [2.75, 3.05) is 4.90 Å². The lowest BCUT2D eigenvalue weighted by atomic mass is 10.00. The summed E-state index contributed by atoms with van der Waals surface area (Å²) in [6, 6.07) is 78.0. The van der Waals surface area contributed by atoms with Gasteiger partial charge >= 0.3 is 0 Å². The van der Waals surface area contributed by atoms with Crippen LogP contribution >= 0.6 is 0 Å². The summed E-state index contributed by atoms with van der Waals surface area (Å²) in [4.78, 5) is 2.29. The van der Waals surface area contributed by atoms with Gasteiger partial charge < -0.3 is 9.47 Å². The number of rotatable bonds is 8. The number of benzene rings is 9. The van der Waals surface area contributed by atoms with Crippen LogP contribution in [-0.4, -0.2) is 4.57 Å². The zero-order chi connectivity index (χ0) is 38.1. The lowest BCUT2D eigenvalue weighted by Gasteiger charge is -2.26. The van der Waals surface area contributed by atoms with E-state index in [0.29, 0.717) is 0 Å². The molecule has 10 rings (SSSR count). The summed E-state index contributed by atoms with van der Waals surface area (Å²) < 4.78 is 16.1. The Morgan fingerprint density at radius 3 is 1.12 bits per heavy atom. The number of para-hydroxylation sites is 2. The largest absolute Gasteiger partial charge is 0.311 e. The minimum absolute atomic E-state index is 0.237. The van der Waals surface area contributed by atoms with Crippen LogP contribution in [-0.2, 0) is 0 Å². The van der Waals surface area contributed by atoms with Crippen molar-refractivity contribution >= 4 is 38.9 Å². The first-order chi connectivity index (χ1) is 28.2. The lowest BCUT2D eigenvalue weighted by Crippen LogP contribution is -2.09. The second-order valence-electron chi connectivity index (χ2n) is 14.3.